The van der Waals surface area contributed by atoms with Crippen molar-refractivity contribution in [2.75, 3.05) is 26.2 Å². The Morgan fingerprint density at radius 2 is 1.96 bits per heavy atom. The van der Waals surface area contributed by atoms with Crippen LogP contribution in [0.3, 0.4) is 0 Å². The first-order chi connectivity index (χ1) is 12.8. The molecular weight excluding hydrogens is 364 g/mol. The Labute approximate surface area is 160 Å². The van der Waals surface area contributed by atoms with Gasteiger partial charge in [-0.1, -0.05) is 12.1 Å². The van der Waals surface area contributed by atoms with E-state index in [2.05, 4.69) is 32.4 Å². The summed E-state index contributed by atoms with van der Waals surface area (Å²) in [4.78, 5) is 27.3. The van der Waals surface area contributed by atoms with Crippen molar-refractivity contribution in [3.8, 4) is 10.7 Å². The normalized spacial score (nSPS) is 15.3. The molecule has 1 aliphatic heterocycles. The third-order valence-electron chi connectivity index (χ3n) is 4.45. The van der Waals surface area contributed by atoms with Gasteiger partial charge in [0.05, 0.1) is 17.8 Å². The Balaban J connectivity index is 1.30. The molecule has 1 aliphatic rings. The van der Waals surface area contributed by atoms with Gasteiger partial charge in [-0.3, -0.25) is 14.7 Å². The predicted octanol–water partition coefficient (Wildman–Crippen LogP) is 3.15. The van der Waals surface area contributed by atoms with Gasteiger partial charge < -0.3 is 4.90 Å². The van der Waals surface area contributed by atoms with Crippen LogP contribution in [-0.2, 0) is 17.8 Å². The summed E-state index contributed by atoms with van der Waals surface area (Å²) in [7, 11) is 0. The number of hydrogen-bond donors (Lipinski definition) is 0. The van der Waals surface area contributed by atoms with Crippen LogP contribution in [0.25, 0.3) is 10.7 Å². The van der Waals surface area contributed by atoms with Crippen molar-refractivity contribution in [1.82, 2.24) is 19.8 Å². The summed E-state index contributed by atoms with van der Waals surface area (Å²) < 4.78 is 0. The third-order valence-corrected chi connectivity index (χ3v) is 6.23. The number of thiophene rings is 1. The molecule has 0 unspecified atom stereocenters. The van der Waals surface area contributed by atoms with Gasteiger partial charge in [-0.25, -0.2) is 4.98 Å². The first-order valence-electron chi connectivity index (χ1n) is 8.66. The second-order valence-corrected chi connectivity index (χ2v) is 8.16. The van der Waals surface area contributed by atoms with Gasteiger partial charge in [-0.15, -0.1) is 22.7 Å². The maximum absolute atomic E-state index is 12.6. The molecule has 1 fully saturated rings. The Morgan fingerprint density at radius 3 is 2.69 bits per heavy atom. The van der Waals surface area contributed by atoms with E-state index in [1.807, 2.05) is 28.5 Å². The van der Waals surface area contributed by atoms with Crippen LogP contribution in [0.1, 0.15) is 10.6 Å². The number of thiazole rings is 1. The van der Waals surface area contributed by atoms with Crippen LogP contribution >= 0.6 is 22.7 Å². The Morgan fingerprint density at radius 1 is 1.08 bits per heavy atom. The smallest absolute Gasteiger partial charge is 0.228 e. The molecule has 0 aromatic carbocycles. The molecule has 4 rings (SSSR count). The van der Waals surface area contributed by atoms with E-state index in [9.17, 15) is 4.79 Å². The standard InChI is InChI=1S/C19H20N4OS2/c24-18(12-15-14-26-19(21-15)17-5-1-2-6-20-17)23-9-7-22(8-10-23)13-16-4-3-11-25-16/h1-6,11,14H,7-10,12-13H2. The van der Waals surface area contributed by atoms with Crippen LogP contribution in [0.2, 0.25) is 0 Å². The highest BCUT2D eigenvalue weighted by molar-refractivity contribution is 7.13. The van der Waals surface area contributed by atoms with Gasteiger partial charge in [0.15, 0.2) is 0 Å². The molecule has 0 bridgehead atoms. The lowest BCUT2D eigenvalue weighted by Crippen LogP contribution is -2.48. The van der Waals surface area contributed by atoms with E-state index in [1.54, 1.807) is 28.9 Å². The van der Waals surface area contributed by atoms with E-state index < -0.39 is 0 Å². The molecule has 0 saturated carbocycles. The molecule has 0 atom stereocenters. The van der Waals surface area contributed by atoms with Crippen LogP contribution in [0.5, 0.6) is 0 Å². The maximum Gasteiger partial charge on any atom is 0.228 e. The average molecular weight is 385 g/mol. The van der Waals surface area contributed by atoms with Crippen molar-refractivity contribution in [1.29, 1.82) is 0 Å². The molecule has 3 aromatic heterocycles. The maximum atomic E-state index is 12.6. The van der Waals surface area contributed by atoms with E-state index in [0.717, 1.165) is 49.1 Å². The number of hydrogen-bond acceptors (Lipinski definition) is 6. The largest absolute Gasteiger partial charge is 0.340 e. The zero-order valence-corrected chi connectivity index (χ0v) is 16.0. The van der Waals surface area contributed by atoms with Gasteiger partial charge >= 0.3 is 0 Å². The van der Waals surface area contributed by atoms with Crippen molar-refractivity contribution in [2.24, 2.45) is 0 Å². The molecule has 0 N–H and O–H groups in total. The highest BCUT2D eigenvalue weighted by Crippen LogP contribution is 2.22. The molecule has 4 heterocycles. The van der Waals surface area contributed by atoms with Crippen molar-refractivity contribution in [3.63, 3.8) is 0 Å². The molecule has 7 heteroatoms. The summed E-state index contributed by atoms with van der Waals surface area (Å²) in [6.45, 7) is 4.43. The number of carbonyl (C=O) groups excluding carboxylic acids is 1. The van der Waals surface area contributed by atoms with Crippen molar-refractivity contribution < 1.29 is 4.79 Å². The molecule has 1 amide bonds. The molecule has 5 nitrogen and oxygen atoms in total. The topological polar surface area (TPSA) is 49.3 Å². The quantitative estimate of drug-likeness (QED) is 0.678. The minimum absolute atomic E-state index is 0.165. The van der Waals surface area contributed by atoms with Gasteiger partial charge in [-0.05, 0) is 23.6 Å². The van der Waals surface area contributed by atoms with E-state index in [0.29, 0.717) is 6.42 Å². The highest BCUT2D eigenvalue weighted by Gasteiger charge is 2.22. The molecule has 134 valence electrons. The van der Waals surface area contributed by atoms with Crippen LogP contribution in [0.4, 0.5) is 0 Å². The van der Waals surface area contributed by atoms with Crippen molar-refractivity contribution >= 4 is 28.6 Å². The van der Waals surface area contributed by atoms with Gasteiger partial charge in [0, 0.05) is 49.2 Å². The summed E-state index contributed by atoms with van der Waals surface area (Å²) in [5, 5.41) is 4.95. The minimum Gasteiger partial charge on any atom is -0.340 e. The molecule has 0 radical (unpaired) electrons. The number of carbonyl (C=O) groups is 1. The minimum atomic E-state index is 0.165. The number of amides is 1. The summed E-state index contributed by atoms with van der Waals surface area (Å²) in [5.74, 6) is 0.165. The molecule has 1 saturated heterocycles. The van der Waals surface area contributed by atoms with Gasteiger partial charge in [0.2, 0.25) is 5.91 Å². The lowest BCUT2D eigenvalue weighted by Gasteiger charge is -2.34. The predicted molar refractivity (Wildman–Crippen MR) is 105 cm³/mol. The number of rotatable bonds is 5. The summed E-state index contributed by atoms with van der Waals surface area (Å²) in [6, 6.07) is 10.0. The fraction of sp³-hybridized carbons (Fsp3) is 0.316. The zero-order valence-electron chi connectivity index (χ0n) is 14.4. The highest BCUT2D eigenvalue weighted by atomic mass is 32.1. The van der Waals surface area contributed by atoms with Crippen molar-refractivity contribution in [2.45, 2.75) is 13.0 Å². The fourth-order valence-corrected chi connectivity index (χ4v) is 4.58. The van der Waals surface area contributed by atoms with E-state index >= 15 is 0 Å². The van der Waals surface area contributed by atoms with Gasteiger partial charge in [0.1, 0.15) is 5.01 Å². The fourth-order valence-electron chi connectivity index (χ4n) is 3.04. The Bertz CT molecular complexity index is 840. The van der Waals surface area contributed by atoms with Crippen molar-refractivity contribution in [3.05, 3.63) is 57.9 Å². The summed E-state index contributed by atoms with van der Waals surface area (Å²) in [5.41, 5.74) is 1.69. The van der Waals surface area contributed by atoms with Crippen LogP contribution in [-0.4, -0.2) is 51.9 Å². The zero-order chi connectivity index (χ0) is 17.8. The van der Waals surface area contributed by atoms with E-state index in [1.165, 1.54) is 4.88 Å². The first kappa shape index (κ1) is 17.3. The monoisotopic (exact) mass is 384 g/mol. The van der Waals surface area contributed by atoms with E-state index in [4.69, 9.17) is 0 Å². The number of nitrogens with zero attached hydrogens (tertiary/aromatic N) is 4. The van der Waals surface area contributed by atoms with Crippen LogP contribution in [0.15, 0.2) is 47.3 Å². The average Bonchev–Trinajstić information content (AvgIpc) is 3.35. The molecule has 0 spiro atoms. The third kappa shape index (κ3) is 4.17. The van der Waals surface area contributed by atoms with Crippen LogP contribution in [0, 0.1) is 0 Å². The first-order valence-corrected chi connectivity index (χ1v) is 10.4. The summed E-state index contributed by atoms with van der Waals surface area (Å²) in [6.07, 6.45) is 2.13. The molecule has 3 aromatic rings. The number of aromatic nitrogens is 2. The SMILES string of the molecule is O=C(Cc1csc(-c2ccccn2)n1)N1CCN(Cc2cccs2)CC1. The molecule has 0 aliphatic carbocycles. The van der Waals surface area contributed by atoms with E-state index in [-0.39, 0.29) is 5.91 Å². The second kappa shape index (κ2) is 8.07. The number of pyridine rings is 1. The van der Waals surface area contributed by atoms with Gasteiger partial charge in [0.25, 0.3) is 0 Å². The second-order valence-electron chi connectivity index (χ2n) is 6.27. The number of piperazine rings is 1. The molecule has 26 heavy (non-hydrogen) atoms. The Kier molecular flexibility index (Phi) is 5.38. The van der Waals surface area contributed by atoms with Crippen LogP contribution < -0.4 is 0 Å². The lowest BCUT2D eigenvalue weighted by molar-refractivity contribution is -0.132. The lowest BCUT2D eigenvalue weighted by atomic mass is 10.2. The van der Waals surface area contributed by atoms with Gasteiger partial charge in [-0.2, -0.15) is 0 Å². The molecular formula is C19H20N4OS2. The summed E-state index contributed by atoms with van der Waals surface area (Å²) >= 11 is 3.33. The Hall–Kier alpha value is -2.09.